The molecule has 18 heavy (non-hydrogen) atoms. The lowest BCUT2D eigenvalue weighted by Gasteiger charge is -2.45. The summed E-state index contributed by atoms with van der Waals surface area (Å²) in [4.78, 5) is 4.79. The van der Waals surface area contributed by atoms with E-state index in [1.54, 1.807) is 0 Å². The van der Waals surface area contributed by atoms with Crippen LogP contribution in [0.25, 0.3) is 0 Å². The van der Waals surface area contributed by atoms with E-state index >= 15 is 0 Å². The SMILES string of the molecule is CCC1CNCCC1(NC(C)C)c1nc(C)cs1. The largest absolute Gasteiger partial charge is 0.316 e. The standard InChI is InChI=1S/C14H25N3S/c1-5-12-8-15-7-6-14(12,17-10(2)3)13-16-11(4)9-18-13/h9-10,12,15,17H,5-8H2,1-4H3. The highest BCUT2D eigenvalue weighted by atomic mass is 32.1. The minimum absolute atomic E-state index is 0.0765. The van der Waals surface area contributed by atoms with Crippen LogP contribution in [-0.2, 0) is 5.54 Å². The van der Waals surface area contributed by atoms with Gasteiger partial charge >= 0.3 is 0 Å². The lowest BCUT2D eigenvalue weighted by atomic mass is 9.76. The van der Waals surface area contributed by atoms with Crippen molar-refractivity contribution in [3.05, 3.63) is 16.1 Å². The van der Waals surface area contributed by atoms with Crippen molar-refractivity contribution in [1.82, 2.24) is 15.6 Å². The van der Waals surface area contributed by atoms with E-state index in [2.05, 4.69) is 43.7 Å². The topological polar surface area (TPSA) is 37.0 Å². The van der Waals surface area contributed by atoms with E-state index in [1.807, 2.05) is 11.3 Å². The zero-order chi connectivity index (χ0) is 13.2. The minimum Gasteiger partial charge on any atom is -0.316 e. The zero-order valence-corrected chi connectivity index (χ0v) is 12.7. The maximum absolute atomic E-state index is 4.79. The predicted molar refractivity (Wildman–Crippen MR) is 78.1 cm³/mol. The second-order valence-corrected chi connectivity index (χ2v) is 6.48. The normalized spacial score (nSPS) is 28.8. The van der Waals surface area contributed by atoms with Crippen LogP contribution >= 0.6 is 11.3 Å². The molecule has 2 rings (SSSR count). The third kappa shape index (κ3) is 2.60. The molecule has 1 aliphatic rings. The van der Waals surface area contributed by atoms with Crippen molar-refractivity contribution in [2.45, 2.75) is 52.1 Å². The summed E-state index contributed by atoms with van der Waals surface area (Å²) in [6, 6.07) is 0.487. The Morgan fingerprint density at radius 3 is 2.94 bits per heavy atom. The molecule has 1 saturated heterocycles. The summed E-state index contributed by atoms with van der Waals surface area (Å²) in [5.74, 6) is 0.624. The molecule has 2 heterocycles. The van der Waals surface area contributed by atoms with Gasteiger partial charge in [-0.3, -0.25) is 0 Å². The summed E-state index contributed by atoms with van der Waals surface area (Å²) in [7, 11) is 0. The van der Waals surface area contributed by atoms with Gasteiger partial charge in [-0.25, -0.2) is 4.98 Å². The fourth-order valence-corrected chi connectivity index (χ4v) is 4.11. The first-order chi connectivity index (χ1) is 8.58. The van der Waals surface area contributed by atoms with Gasteiger partial charge in [0.1, 0.15) is 5.01 Å². The number of hydrogen-bond donors (Lipinski definition) is 2. The van der Waals surface area contributed by atoms with E-state index in [-0.39, 0.29) is 5.54 Å². The van der Waals surface area contributed by atoms with Crippen LogP contribution in [0.2, 0.25) is 0 Å². The van der Waals surface area contributed by atoms with Gasteiger partial charge in [-0.2, -0.15) is 0 Å². The molecular weight excluding hydrogens is 242 g/mol. The van der Waals surface area contributed by atoms with Crippen molar-refractivity contribution in [2.75, 3.05) is 13.1 Å². The summed E-state index contributed by atoms with van der Waals surface area (Å²) in [5.41, 5.74) is 1.22. The molecule has 2 N–H and O–H groups in total. The molecule has 1 aliphatic heterocycles. The van der Waals surface area contributed by atoms with Crippen molar-refractivity contribution in [2.24, 2.45) is 5.92 Å². The van der Waals surface area contributed by atoms with Crippen LogP contribution in [0.1, 0.15) is 44.3 Å². The third-order valence-corrected chi connectivity index (χ3v) is 4.96. The van der Waals surface area contributed by atoms with Gasteiger partial charge in [-0.05, 0) is 46.1 Å². The van der Waals surface area contributed by atoms with Crippen LogP contribution in [0.3, 0.4) is 0 Å². The van der Waals surface area contributed by atoms with E-state index < -0.39 is 0 Å². The van der Waals surface area contributed by atoms with Crippen LogP contribution < -0.4 is 10.6 Å². The second kappa shape index (κ2) is 5.68. The number of aryl methyl sites for hydroxylation is 1. The molecule has 4 heteroatoms. The van der Waals surface area contributed by atoms with Crippen LogP contribution in [-0.4, -0.2) is 24.1 Å². The van der Waals surface area contributed by atoms with Gasteiger partial charge < -0.3 is 10.6 Å². The maximum Gasteiger partial charge on any atom is 0.113 e. The van der Waals surface area contributed by atoms with Gasteiger partial charge in [0, 0.05) is 23.7 Å². The molecule has 0 aliphatic carbocycles. The molecule has 2 atom stereocenters. The molecular formula is C14H25N3S. The minimum atomic E-state index is 0.0765. The Morgan fingerprint density at radius 1 is 1.61 bits per heavy atom. The van der Waals surface area contributed by atoms with Crippen molar-refractivity contribution in [1.29, 1.82) is 0 Å². The predicted octanol–water partition coefficient (Wildman–Crippen LogP) is 2.66. The van der Waals surface area contributed by atoms with Crippen molar-refractivity contribution in [3.63, 3.8) is 0 Å². The fourth-order valence-electron chi connectivity index (χ4n) is 3.04. The monoisotopic (exact) mass is 267 g/mol. The number of piperidine rings is 1. The van der Waals surface area contributed by atoms with Crippen molar-refractivity contribution in [3.8, 4) is 0 Å². The highest BCUT2D eigenvalue weighted by Gasteiger charge is 2.43. The Balaban J connectivity index is 2.37. The number of thiazole rings is 1. The average molecular weight is 267 g/mol. The van der Waals surface area contributed by atoms with Gasteiger partial charge in [-0.1, -0.05) is 6.92 Å². The molecule has 102 valence electrons. The van der Waals surface area contributed by atoms with Crippen LogP contribution in [0.5, 0.6) is 0 Å². The quantitative estimate of drug-likeness (QED) is 0.880. The van der Waals surface area contributed by atoms with Gasteiger partial charge in [0.15, 0.2) is 0 Å². The maximum atomic E-state index is 4.79. The second-order valence-electron chi connectivity index (χ2n) is 5.62. The van der Waals surface area contributed by atoms with E-state index in [9.17, 15) is 0 Å². The summed E-state index contributed by atoms with van der Waals surface area (Å²) < 4.78 is 0. The summed E-state index contributed by atoms with van der Waals surface area (Å²) in [6.07, 6.45) is 2.32. The molecule has 1 fully saturated rings. The molecule has 1 aromatic heterocycles. The first kappa shape index (κ1) is 14.0. The Labute approximate surface area is 114 Å². The van der Waals surface area contributed by atoms with Crippen LogP contribution in [0.15, 0.2) is 5.38 Å². The van der Waals surface area contributed by atoms with E-state index in [4.69, 9.17) is 4.98 Å². The van der Waals surface area contributed by atoms with Crippen molar-refractivity contribution >= 4 is 11.3 Å². The summed E-state index contributed by atoms with van der Waals surface area (Å²) in [5, 5.41) is 10.8. The Morgan fingerprint density at radius 2 is 2.39 bits per heavy atom. The van der Waals surface area contributed by atoms with Gasteiger partial charge in [0.2, 0.25) is 0 Å². The summed E-state index contributed by atoms with van der Waals surface area (Å²) >= 11 is 1.81. The highest BCUT2D eigenvalue weighted by Crippen LogP contribution is 2.39. The Kier molecular flexibility index (Phi) is 4.41. The smallest absolute Gasteiger partial charge is 0.113 e. The highest BCUT2D eigenvalue weighted by molar-refractivity contribution is 7.09. The fraction of sp³-hybridized carbons (Fsp3) is 0.786. The number of nitrogens with one attached hydrogen (secondary N) is 2. The van der Waals surface area contributed by atoms with Crippen LogP contribution in [0, 0.1) is 12.8 Å². The zero-order valence-electron chi connectivity index (χ0n) is 11.9. The van der Waals surface area contributed by atoms with E-state index in [0.717, 1.165) is 25.2 Å². The lowest BCUT2D eigenvalue weighted by Crippen LogP contribution is -2.58. The number of aromatic nitrogens is 1. The van der Waals surface area contributed by atoms with Gasteiger partial charge in [0.25, 0.3) is 0 Å². The molecule has 3 nitrogen and oxygen atoms in total. The third-order valence-electron chi connectivity index (χ3n) is 3.82. The van der Waals surface area contributed by atoms with E-state index in [0.29, 0.717) is 12.0 Å². The first-order valence-electron chi connectivity index (χ1n) is 6.99. The number of nitrogens with zero attached hydrogens (tertiary/aromatic N) is 1. The Hall–Kier alpha value is -0.450. The Bertz CT molecular complexity index is 388. The average Bonchev–Trinajstić information content (AvgIpc) is 2.76. The molecule has 2 unspecified atom stereocenters. The van der Waals surface area contributed by atoms with Crippen molar-refractivity contribution < 1.29 is 0 Å². The van der Waals surface area contributed by atoms with Gasteiger partial charge in [0.05, 0.1) is 5.54 Å². The molecule has 0 aromatic carbocycles. The number of hydrogen-bond acceptors (Lipinski definition) is 4. The van der Waals surface area contributed by atoms with Crippen LogP contribution in [0.4, 0.5) is 0 Å². The lowest BCUT2D eigenvalue weighted by molar-refractivity contribution is 0.137. The molecule has 0 bridgehead atoms. The molecule has 0 amide bonds. The molecule has 1 aromatic rings. The molecule has 0 saturated carbocycles. The molecule has 0 radical (unpaired) electrons. The molecule has 0 spiro atoms. The number of rotatable bonds is 4. The van der Waals surface area contributed by atoms with Gasteiger partial charge in [-0.15, -0.1) is 11.3 Å². The summed E-state index contributed by atoms with van der Waals surface area (Å²) in [6.45, 7) is 11.0. The first-order valence-corrected chi connectivity index (χ1v) is 7.87. The van der Waals surface area contributed by atoms with E-state index in [1.165, 1.54) is 11.4 Å².